The molecule has 15 heteroatoms. The first kappa shape index (κ1) is 46.6. The number of aromatic nitrogens is 1. The number of hydrogen-bond donors (Lipinski definition) is 6. The number of carbonyl (C=O) groups excluding carboxylic acids is 3. The van der Waals surface area contributed by atoms with E-state index in [4.69, 9.17) is 18.9 Å². The number of Topliss-reactive ketones (excluding diaryl/α,β-unsaturated/α-hetero) is 1. The molecule has 3 heterocycles. The third kappa shape index (κ3) is 11.3. The lowest BCUT2D eigenvalue weighted by molar-refractivity contribution is -0.298. The monoisotopic (exact) mass is 802 g/mol. The number of rotatable bonds is 11. The van der Waals surface area contributed by atoms with Crippen molar-refractivity contribution in [2.75, 3.05) is 27.2 Å². The van der Waals surface area contributed by atoms with E-state index in [2.05, 4.69) is 15.6 Å². The number of amides is 1. The van der Waals surface area contributed by atoms with Gasteiger partial charge in [0.2, 0.25) is 5.91 Å². The average molecular weight is 803 g/mol. The Morgan fingerprint density at radius 1 is 1.07 bits per heavy atom. The first-order valence-corrected chi connectivity index (χ1v) is 20.2. The van der Waals surface area contributed by atoms with Crippen LogP contribution in [0, 0.1) is 17.8 Å². The van der Waals surface area contributed by atoms with Crippen LogP contribution in [0.15, 0.2) is 36.5 Å². The van der Waals surface area contributed by atoms with E-state index < -0.39 is 89.5 Å². The standard InChI is InChI=1S/C42H66N4O11/c1-11-33-42(8,53)36(50)27(6)38(51)45-23(2)18-41(7,54-22-30(47)21-43-19-28-17-29-14-12-13-15-31(29)44-20-28)37(25(4)34(48)26(5)39(52)56-33)57-40-35(49)32(46(9)10)16-24(3)55-40/h12-15,17,20,23-27,30,32-33,35-37,40,43,47,49-50,53H,11,16,18-19,21-22H2,1-10H3,(H,45,51)/t23-,24-,25+,26-,27-,30?,32+,33-,35-,36-,37-,40+,41-,42-/m1/s1. The number of fused-ring (bicyclic) bond motifs is 1. The largest absolute Gasteiger partial charge is 0.459 e. The molecule has 320 valence electrons. The number of carbonyl (C=O) groups is 3. The second kappa shape index (κ2) is 19.8. The summed E-state index contributed by atoms with van der Waals surface area (Å²) in [5.74, 6) is -5.64. The van der Waals surface area contributed by atoms with Gasteiger partial charge in [-0.25, -0.2) is 0 Å². The van der Waals surface area contributed by atoms with E-state index in [1.54, 1.807) is 33.9 Å². The fourth-order valence-corrected chi connectivity index (χ4v) is 8.18. The number of para-hydroxylation sites is 1. The van der Waals surface area contributed by atoms with Crippen LogP contribution in [0.5, 0.6) is 0 Å². The Kier molecular flexibility index (Phi) is 16.1. The lowest BCUT2D eigenvalue weighted by atomic mass is 9.79. The Morgan fingerprint density at radius 3 is 2.42 bits per heavy atom. The van der Waals surface area contributed by atoms with E-state index in [1.165, 1.54) is 20.8 Å². The van der Waals surface area contributed by atoms with Gasteiger partial charge in [-0.3, -0.25) is 19.4 Å². The van der Waals surface area contributed by atoms with Gasteiger partial charge in [-0.05, 0) is 85.7 Å². The number of aliphatic hydroxyl groups excluding tert-OH is 3. The zero-order chi connectivity index (χ0) is 42.4. The summed E-state index contributed by atoms with van der Waals surface area (Å²) in [5.41, 5.74) is -1.70. The molecule has 4 rings (SSSR count). The normalized spacial score (nSPS) is 37.0. The Morgan fingerprint density at radius 2 is 1.75 bits per heavy atom. The van der Waals surface area contributed by atoms with Crippen molar-refractivity contribution in [1.82, 2.24) is 20.5 Å². The molecule has 57 heavy (non-hydrogen) atoms. The van der Waals surface area contributed by atoms with Crippen molar-refractivity contribution in [3.63, 3.8) is 0 Å². The Balaban J connectivity index is 1.68. The van der Waals surface area contributed by atoms with Crippen molar-refractivity contribution in [2.24, 2.45) is 17.8 Å². The summed E-state index contributed by atoms with van der Waals surface area (Å²) < 4.78 is 25.1. The van der Waals surface area contributed by atoms with Gasteiger partial charge in [0.05, 0.1) is 48.1 Å². The topological polar surface area (TPSA) is 209 Å². The number of nitrogens with zero attached hydrogens (tertiary/aromatic N) is 2. The molecule has 0 saturated carbocycles. The van der Waals surface area contributed by atoms with Gasteiger partial charge in [-0.15, -0.1) is 0 Å². The lowest BCUT2D eigenvalue weighted by Gasteiger charge is -2.47. The number of ether oxygens (including phenoxy) is 4. The minimum atomic E-state index is -2.04. The van der Waals surface area contributed by atoms with Gasteiger partial charge in [0.15, 0.2) is 12.1 Å². The second-order valence-corrected chi connectivity index (χ2v) is 16.9. The lowest BCUT2D eigenvalue weighted by Crippen LogP contribution is -2.60. The quantitative estimate of drug-likeness (QED) is 0.142. The molecule has 1 amide bonds. The van der Waals surface area contributed by atoms with Crippen LogP contribution in [0.3, 0.4) is 0 Å². The summed E-state index contributed by atoms with van der Waals surface area (Å²) in [6.07, 6.45) is -5.37. The number of ketones is 1. The molecule has 2 aromatic rings. The maximum absolute atomic E-state index is 14.4. The molecule has 14 atom stereocenters. The van der Waals surface area contributed by atoms with Crippen molar-refractivity contribution >= 4 is 28.6 Å². The highest BCUT2D eigenvalue weighted by Gasteiger charge is 2.51. The Hall–Kier alpha value is -3.12. The number of cyclic esters (lactones) is 1. The van der Waals surface area contributed by atoms with Crippen LogP contribution in [-0.4, -0.2) is 141 Å². The third-order valence-electron chi connectivity index (χ3n) is 11.7. The number of aliphatic hydroxyl groups is 4. The van der Waals surface area contributed by atoms with Crippen LogP contribution in [0.25, 0.3) is 10.9 Å². The Labute approximate surface area is 336 Å². The van der Waals surface area contributed by atoms with E-state index in [0.717, 1.165) is 16.5 Å². The molecule has 0 bridgehead atoms. The molecular formula is C42H66N4O11. The van der Waals surface area contributed by atoms with E-state index >= 15 is 0 Å². The average Bonchev–Trinajstić information content (AvgIpc) is 3.16. The Bertz CT molecular complexity index is 1660. The fourth-order valence-electron chi connectivity index (χ4n) is 8.18. The first-order valence-electron chi connectivity index (χ1n) is 20.2. The van der Waals surface area contributed by atoms with Crippen LogP contribution in [-0.2, 0) is 39.9 Å². The zero-order valence-corrected chi connectivity index (χ0v) is 35.2. The molecule has 2 aliphatic heterocycles. The molecule has 1 unspecified atom stereocenters. The summed E-state index contributed by atoms with van der Waals surface area (Å²) >= 11 is 0. The van der Waals surface area contributed by atoms with E-state index in [0.29, 0.717) is 13.0 Å². The molecule has 1 aromatic carbocycles. The predicted octanol–water partition coefficient (Wildman–Crippen LogP) is 2.09. The molecule has 2 saturated heterocycles. The summed E-state index contributed by atoms with van der Waals surface area (Å²) in [4.78, 5) is 48.0. The summed E-state index contributed by atoms with van der Waals surface area (Å²) in [5, 5.41) is 52.6. The molecule has 2 aliphatic rings. The minimum Gasteiger partial charge on any atom is -0.459 e. The number of benzene rings is 1. The van der Waals surface area contributed by atoms with E-state index in [-0.39, 0.29) is 38.1 Å². The molecule has 1 aromatic heterocycles. The second-order valence-electron chi connectivity index (χ2n) is 16.9. The van der Waals surface area contributed by atoms with Gasteiger partial charge in [0, 0.05) is 42.7 Å². The summed E-state index contributed by atoms with van der Waals surface area (Å²) in [6.45, 7) is 13.0. The van der Waals surface area contributed by atoms with Gasteiger partial charge >= 0.3 is 5.97 Å². The zero-order valence-electron chi connectivity index (χ0n) is 35.2. The highest BCUT2D eigenvalue weighted by molar-refractivity contribution is 6.00. The van der Waals surface area contributed by atoms with Crippen LogP contribution < -0.4 is 10.6 Å². The van der Waals surface area contributed by atoms with Crippen molar-refractivity contribution in [3.8, 4) is 0 Å². The number of nitrogens with one attached hydrogen (secondary N) is 2. The molecular weight excluding hydrogens is 736 g/mol. The van der Waals surface area contributed by atoms with E-state index in [9.17, 15) is 34.8 Å². The molecule has 0 radical (unpaired) electrons. The van der Waals surface area contributed by atoms with Gasteiger partial charge in [-0.1, -0.05) is 39.0 Å². The van der Waals surface area contributed by atoms with Gasteiger partial charge in [0.1, 0.15) is 23.7 Å². The SMILES string of the molecule is CC[C@H]1OC(=O)[C@H](C)C(=O)[C@H](C)[C@@H](O[C@@H]2O[C@H](C)C[C@H](N(C)C)[C@H]2O)[C@](C)(OCC(O)CNCc2cnc3ccccc3c2)C[C@@H](C)NC(=O)[C@H](C)[C@@H](O)[C@]1(C)O. The number of pyridine rings is 1. The van der Waals surface area contributed by atoms with Gasteiger partial charge in [-0.2, -0.15) is 0 Å². The van der Waals surface area contributed by atoms with Crippen LogP contribution in [0.4, 0.5) is 0 Å². The molecule has 6 N–H and O–H groups in total. The highest BCUT2D eigenvalue weighted by atomic mass is 16.7. The van der Waals surface area contributed by atoms with Gasteiger partial charge in [0.25, 0.3) is 0 Å². The smallest absolute Gasteiger partial charge is 0.316 e. The van der Waals surface area contributed by atoms with E-state index in [1.807, 2.05) is 56.3 Å². The molecule has 0 spiro atoms. The number of likely N-dealkylation sites (N-methyl/N-ethyl adjacent to an activating group) is 1. The minimum absolute atomic E-state index is 0.0228. The van der Waals surface area contributed by atoms with Crippen molar-refractivity contribution in [2.45, 2.75) is 147 Å². The predicted molar refractivity (Wildman–Crippen MR) is 213 cm³/mol. The summed E-state index contributed by atoms with van der Waals surface area (Å²) in [7, 11) is 3.68. The number of hydrogen-bond acceptors (Lipinski definition) is 14. The maximum atomic E-state index is 14.4. The van der Waals surface area contributed by atoms with Crippen molar-refractivity contribution < 1.29 is 53.8 Å². The first-order chi connectivity index (χ1) is 26.7. The van der Waals surface area contributed by atoms with Crippen molar-refractivity contribution in [3.05, 3.63) is 42.1 Å². The molecule has 15 nitrogen and oxygen atoms in total. The van der Waals surface area contributed by atoms with Gasteiger partial charge < -0.3 is 54.9 Å². The van der Waals surface area contributed by atoms with Crippen LogP contribution in [0.1, 0.15) is 80.2 Å². The van der Waals surface area contributed by atoms with Crippen LogP contribution >= 0.6 is 0 Å². The fraction of sp³-hybridized carbons (Fsp3) is 0.714. The highest BCUT2D eigenvalue weighted by Crippen LogP contribution is 2.36. The van der Waals surface area contributed by atoms with Crippen LogP contribution in [0.2, 0.25) is 0 Å². The molecule has 0 aliphatic carbocycles. The third-order valence-corrected chi connectivity index (χ3v) is 11.7. The molecule has 2 fully saturated rings. The number of esters is 1. The van der Waals surface area contributed by atoms with Crippen molar-refractivity contribution in [1.29, 1.82) is 0 Å². The summed E-state index contributed by atoms with van der Waals surface area (Å²) in [6, 6.07) is 8.79. The maximum Gasteiger partial charge on any atom is 0.316 e.